The zero-order valence-corrected chi connectivity index (χ0v) is 18.9. The quantitative estimate of drug-likeness (QED) is 0.243. The third-order valence-electron chi connectivity index (χ3n) is 4.50. The van der Waals surface area contributed by atoms with Gasteiger partial charge in [0.05, 0.1) is 13.7 Å². The summed E-state index contributed by atoms with van der Waals surface area (Å²) in [5.41, 5.74) is 1.19. The van der Waals surface area contributed by atoms with Crippen LogP contribution in [-0.2, 0) is 4.74 Å². The molecule has 1 aliphatic carbocycles. The Labute approximate surface area is 175 Å². The lowest BCUT2D eigenvalue weighted by Crippen LogP contribution is -2.40. The zero-order valence-electron chi connectivity index (χ0n) is 16.5. The minimum Gasteiger partial charge on any atom is -0.496 e. The van der Waals surface area contributed by atoms with Gasteiger partial charge in [0.15, 0.2) is 5.96 Å². The predicted octanol–water partition coefficient (Wildman–Crippen LogP) is 3.74. The minimum absolute atomic E-state index is 0. The summed E-state index contributed by atoms with van der Waals surface area (Å²) in [6.07, 6.45) is 2.67. The van der Waals surface area contributed by atoms with Crippen LogP contribution in [0.1, 0.15) is 38.2 Å². The molecule has 0 aliphatic heterocycles. The number of hydrogen-bond donors (Lipinski definition) is 1. The summed E-state index contributed by atoms with van der Waals surface area (Å²) in [7, 11) is 3.78. The Balaban J connectivity index is 0.00000338. The van der Waals surface area contributed by atoms with E-state index in [9.17, 15) is 0 Å². The van der Waals surface area contributed by atoms with Crippen LogP contribution in [0.15, 0.2) is 29.3 Å². The fourth-order valence-electron chi connectivity index (χ4n) is 2.71. The number of nitrogens with one attached hydrogen (secondary N) is 1. The van der Waals surface area contributed by atoms with Gasteiger partial charge in [-0.1, -0.05) is 25.1 Å². The third-order valence-corrected chi connectivity index (χ3v) is 4.50. The highest BCUT2D eigenvalue weighted by molar-refractivity contribution is 14.0. The monoisotopic (exact) mass is 475 g/mol. The normalized spacial score (nSPS) is 15.2. The highest BCUT2D eigenvalue weighted by Crippen LogP contribution is 2.28. The number of guanidine groups is 1. The molecule has 148 valence electrons. The molecule has 6 heteroatoms. The predicted molar refractivity (Wildman–Crippen MR) is 119 cm³/mol. The largest absolute Gasteiger partial charge is 0.496 e. The molecule has 0 saturated heterocycles. The first-order valence-electron chi connectivity index (χ1n) is 9.35. The van der Waals surface area contributed by atoms with E-state index in [-0.39, 0.29) is 24.0 Å². The Morgan fingerprint density at radius 3 is 2.73 bits per heavy atom. The second-order valence-corrected chi connectivity index (χ2v) is 6.78. The number of halogens is 1. The molecular formula is C20H34IN3O2. The van der Waals surface area contributed by atoms with Crippen LogP contribution < -0.4 is 10.1 Å². The SMILES string of the molecule is CCNC(=NCC(C)c1ccccc1OC)N(C)CCOCC1CC1.I. The molecule has 0 amide bonds. The molecule has 1 aliphatic rings. The average molecular weight is 475 g/mol. The van der Waals surface area contributed by atoms with E-state index in [1.165, 1.54) is 18.4 Å². The Morgan fingerprint density at radius 2 is 2.08 bits per heavy atom. The van der Waals surface area contributed by atoms with E-state index >= 15 is 0 Å². The molecule has 0 heterocycles. The van der Waals surface area contributed by atoms with Gasteiger partial charge in [0.1, 0.15) is 5.75 Å². The van der Waals surface area contributed by atoms with Gasteiger partial charge in [-0.15, -0.1) is 24.0 Å². The summed E-state index contributed by atoms with van der Waals surface area (Å²) in [5, 5.41) is 3.37. The van der Waals surface area contributed by atoms with Crippen LogP contribution in [0.25, 0.3) is 0 Å². The highest BCUT2D eigenvalue weighted by atomic mass is 127. The lowest BCUT2D eigenvalue weighted by atomic mass is 10.0. The van der Waals surface area contributed by atoms with Crippen molar-refractivity contribution in [2.75, 3.05) is 47.0 Å². The summed E-state index contributed by atoms with van der Waals surface area (Å²) in [5.74, 6) is 2.97. The molecule has 1 aromatic rings. The number of benzene rings is 1. The van der Waals surface area contributed by atoms with Crippen molar-refractivity contribution in [3.63, 3.8) is 0 Å². The van der Waals surface area contributed by atoms with Crippen LogP contribution >= 0.6 is 24.0 Å². The molecule has 1 N–H and O–H groups in total. The number of ether oxygens (including phenoxy) is 2. The van der Waals surface area contributed by atoms with Crippen molar-refractivity contribution in [1.29, 1.82) is 0 Å². The third kappa shape index (κ3) is 7.70. The lowest BCUT2D eigenvalue weighted by Gasteiger charge is -2.23. The van der Waals surface area contributed by atoms with Crippen LogP contribution in [0.4, 0.5) is 0 Å². The molecule has 0 bridgehead atoms. The van der Waals surface area contributed by atoms with E-state index < -0.39 is 0 Å². The molecule has 2 rings (SSSR count). The number of para-hydroxylation sites is 1. The Bertz CT molecular complexity index is 550. The van der Waals surface area contributed by atoms with Crippen molar-refractivity contribution >= 4 is 29.9 Å². The van der Waals surface area contributed by atoms with Gasteiger partial charge in [0, 0.05) is 39.2 Å². The smallest absolute Gasteiger partial charge is 0.193 e. The Hall–Kier alpha value is -1.02. The van der Waals surface area contributed by atoms with Crippen LogP contribution in [-0.4, -0.2) is 57.9 Å². The number of methoxy groups -OCH3 is 1. The first-order valence-corrected chi connectivity index (χ1v) is 9.35. The van der Waals surface area contributed by atoms with E-state index in [4.69, 9.17) is 14.5 Å². The molecule has 5 nitrogen and oxygen atoms in total. The molecule has 0 spiro atoms. The molecule has 26 heavy (non-hydrogen) atoms. The number of hydrogen-bond acceptors (Lipinski definition) is 3. The maximum Gasteiger partial charge on any atom is 0.193 e. The van der Waals surface area contributed by atoms with Crippen molar-refractivity contribution in [1.82, 2.24) is 10.2 Å². The van der Waals surface area contributed by atoms with Gasteiger partial charge in [-0.05, 0) is 37.3 Å². The number of aliphatic imine (C=N–C) groups is 1. The van der Waals surface area contributed by atoms with Crippen LogP contribution in [0.5, 0.6) is 5.75 Å². The van der Waals surface area contributed by atoms with Gasteiger partial charge >= 0.3 is 0 Å². The van der Waals surface area contributed by atoms with E-state index in [0.717, 1.165) is 50.5 Å². The summed E-state index contributed by atoms with van der Waals surface area (Å²) >= 11 is 0. The fraction of sp³-hybridized carbons (Fsp3) is 0.650. The molecule has 1 unspecified atom stereocenters. The second-order valence-electron chi connectivity index (χ2n) is 6.78. The zero-order chi connectivity index (χ0) is 18.1. The van der Waals surface area contributed by atoms with E-state index in [0.29, 0.717) is 5.92 Å². The molecule has 1 atom stereocenters. The van der Waals surface area contributed by atoms with Crippen LogP contribution in [0, 0.1) is 5.92 Å². The number of likely N-dealkylation sites (N-methyl/N-ethyl adjacent to an activating group) is 1. The van der Waals surface area contributed by atoms with E-state index in [1.54, 1.807) is 7.11 Å². The van der Waals surface area contributed by atoms with Crippen molar-refractivity contribution < 1.29 is 9.47 Å². The van der Waals surface area contributed by atoms with Crippen molar-refractivity contribution in [3.8, 4) is 5.75 Å². The van der Waals surface area contributed by atoms with Crippen molar-refractivity contribution in [2.24, 2.45) is 10.9 Å². The molecule has 0 aromatic heterocycles. The van der Waals surface area contributed by atoms with Gasteiger partial charge in [-0.2, -0.15) is 0 Å². The fourth-order valence-corrected chi connectivity index (χ4v) is 2.71. The van der Waals surface area contributed by atoms with Crippen molar-refractivity contribution in [3.05, 3.63) is 29.8 Å². The average Bonchev–Trinajstić information content (AvgIpc) is 3.46. The van der Waals surface area contributed by atoms with Crippen molar-refractivity contribution in [2.45, 2.75) is 32.6 Å². The van der Waals surface area contributed by atoms with E-state index in [2.05, 4.69) is 37.2 Å². The Morgan fingerprint density at radius 1 is 1.35 bits per heavy atom. The van der Waals surface area contributed by atoms with Gasteiger partial charge in [0.2, 0.25) is 0 Å². The van der Waals surface area contributed by atoms with Gasteiger partial charge in [-0.3, -0.25) is 4.99 Å². The number of rotatable bonds is 10. The molecule has 0 radical (unpaired) electrons. The van der Waals surface area contributed by atoms with Crippen LogP contribution in [0.2, 0.25) is 0 Å². The Kier molecular flexibility index (Phi) is 11.0. The maximum absolute atomic E-state index is 5.74. The maximum atomic E-state index is 5.74. The first-order chi connectivity index (χ1) is 12.2. The molecule has 1 fully saturated rings. The van der Waals surface area contributed by atoms with Gasteiger partial charge < -0.3 is 19.7 Å². The second kappa shape index (κ2) is 12.4. The van der Waals surface area contributed by atoms with Crippen LogP contribution in [0.3, 0.4) is 0 Å². The van der Waals surface area contributed by atoms with E-state index in [1.807, 2.05) is 18.2 Å². The van der Waals surface area contributed by atoms with Gasteiger partial charge in [0.25, 0.3) is 0 Å². The standard InChI is InChI=1S/C20H33N3O2.HI/c1-5-21-20(23(3)12-13-25-15-17-10-11-17)22-14-16(2)18-8-6-7-9-19(18)24-4;/h6-9,16-17H,5,10-15H2,1-4H3,(H,21,22);1H. The van der Waals surface area contributed by atoms with Gasteiger partial charge in [-0.25, -0.2) is 0 Å². The number of nitrogens with zero attached hydrogens (tertiary/aromatic N) is 2. The summed E-state index contributed by atoms with van der Waals surface area (Å²) in [6.45, 7) is 8.36. The summed E-state index contributed by atoms with van der Waals surface area (Å²) in [4.78, 5) is 6.96. The lowest BCUT2D eigenvalue weighted by molar-refractivity contribution is 0.115. The minimum atomic E-state index is 0. The highest BCUT2D eigenvalue weighted by Gasteiger charge is 2.21. The molecule has 1 saturated carbocycles. The first kappa shape index (κ1) is 23.0. The molecule has 1 aromatic carbocycles. The molecular weight excluding hydrogens is 441 g/mol. The summed E-state index contributed by atoms with van der Waals surface area (Å²) < 4.78 is 11.2. The topological polar surface area (TPSA) is 46.1 Å². The summed E-state index contributed by atoms with van der Waals surface area (Å²) in [6, 6.07) is 8.16.